The fraction of sp³-hybridized carbons (Fsp3) is 0.0741. The highest BCUT2D eigenvalue weighted by molar-refractivity contribution is 9.08. The first-order chi connectivity index (χ1) is 14.7. The Kier molecular flexibility index (Phi) is 6.61. The minimum atomic E-state index is 0.0368. The van der Waals surface area contributed by atoms with Crippen LogP contribution in [-0.2, 0) is 10.7 Å². The first-order valence-electron chi connectivity index (χ1n) is 9.74. The van der Waals surface area contributed by atoms with Gasteiger partial charge in [0.2, 0.25) is 0 Å². The molecule has 0 saturated carbocycles. The van der Waals surface area contributed by atoms with Crippen molar-refractivity contribution in [2.24, 2.45) is 0 Å². The van der Waals surface area contributed by atoms with Crippen LogP contribution >= 0.6 is 31.9 Å². The zero-order valence-electron chi connectivity index (χ0n) is 16.3. The normalized spacial score (nSPS) is 10.7. The van der Waals surface area contributed by atoms with E-state index in [0.29, 0.717) is 11.1 Å². The van der Waals surface area contributed by atoms with E-state index in [1.165, 1.54) is 11.1 Å². The highest BCUT2D eigenvalue weighted by atomic mass is 79.9. The molecule has 4 rings (SSSR count). The molecule has 0 spiro atoms. The lowest BCUT2D eigenvalue weighted by atomic mass is 9.89. The van der Waals surface area contributed by atoms with Crippen molar-refractivity contribution in [1.29, 1.82) is 0 Å². The van der Waals surface area contributed by atoms with E-state index in [1.807, 2.05) is 60.7 Å². The molecule has 0 heterocycles. The molecule has 0 bridgehead atoms. The number of rotatable bonds is 6. The maximum atomic E-state index is 13.7. The molecule has 4 aromatic rings. The van der Waals surface area contributed by atoms with Gasteiger partial charge in [0.1, 0.15) is 0 Å². The Balaban J connectivity index is 1.82. The van der Waals surface area contributed by atoms with E-state index >= 15 is 0 Å². The molecule has 0 saturated heterocycles. The van der Waals surface area contributed by atoms with E-state index in [4.69, 9.17) is 0 Å². The Bertz CT molecular complexity index is 1100. The lowest BCUT2D eigenvalue weighted by Gasteiger charge is -2.13. The topological polar surface area (TPSA) is 17.1 Å². The highest BCUT2D eigenvalue weighted by Gasteiger charge is 2.18. The second-order valence-electron chi connectivity index (χ2n) is 7.09. The quantitative estimate of drug-likeness (QED) is 0.186. The summed E-state index contributed by atoms with van der Waals surface area (Å²) in [6, 6.07) is 32.3. The van der Waals surface area contributed by atoms with Crippen LogP contribution in [0.4, 0.5) is 0 Å². The van der Waals surface area contributed by atoms with Crippen LogP contribution in [0.1, 0.15) is 27.0 Å². The second-order valence-corrected chi connectivity index (χ2v) is 8.21. The molecular formula is C27H20Br2O. The van der Waals surface area contributed by atoms with Crippen molar-refractivity contribution in [3.05, 3.63) is 119 Å². The van der Waals surface area contributed by atoms with Gasteiger partial charge < -0.3 is 0 Å². The molecule has 4 aromatic carbocycles. The summed E-state index contributed by atoms with van der Waals surface area (Å²) in [7, 11) is 0. The lowest BCUT2D eigenvalue weighted by molar-refractivity contribution is 0.104. The van der Waals surface area contributed by atoms with Crippen LogP contribution in [0.2, 0.25) is 0 Å². The molecule has 0 N–H and O–H groups in total. The van der Waals surface area contributed by atoms with Gasteiger partial charge in [-0.15, -0.1) is 0 Å². The number of benzene rings is 4. The van der Waals surface area contributed by atoms with Crippen LogP contribution in [0.5, 0.6) is 0 Å². The highest BCUT2D eigenvalue weighted by Crippen LogP contribution is 2.31. The monoisotopic (exact) mass is 518 g/mol. The first-order valence-corrected chi connectivity index (χ1v) is 12.0. The predicted molar refractivity (Wildman–Crippen MR) is 132 cm³/mol. The standard InChI is InChI=1S/C27H20Br2O/c28-17-19-7-5-9-21(15-19)23-11-1-3-13-25(23)27(30)26-14-4-2-12-24(26)22-10-6-8-20(16-22)18-29/h1-16H,17-18H2. The third-order valence-corrected chi connectivity index (χ3v) is 6.42. The summed E-state index contributed by atoms with van der Waals surface area (Å²) >= 11 is 7.05. The Morgan fingerprint density at radius 3 is 1.43 bits per heavy atom. The molecule has 0 atom stereocenters. The van der Waals surface area contributed by atoms with Crippen LogP contribution in [0, 0.1) is 0 Å². The third-order valence-electron chi connectivity index (χ3n) is 5.13. The molecule has 3 heteroatoms. The SMILES string of the molecule is O=C(c1ccccc1-c1cccc(CBr)c1)c1ccccc1-c1cccc(CBr)c1. The fourth-order valence-electron chi connectivity index (χ4n) is 3.65. The second kappa shape index (κ2) is 9.55. The Morgan fingerprint density at radius 2 is 1.00 bits per heavy atom. The molecule has 0 unspecified atom stereocenters. The number of carbonyl (C=O) groups excluding carboxylic acids is 1. The van der Waals surface area contributed by atoms with Crippen molar-refractivity contribution in [3.63, 3.8) is 0 Å². The molecule has 0 aliphatic rings. The van der Waals surface area contributed by atoms with Gasteiger partial charge in [0.25, 0.3) is 0 Å². The molecule has 0 radical (unpaired) electrons. The zero-order chi connectivity index (χ0) is 20.9. The number of alkyl halides is 2. The van der Waals surface area contributed by atoms with Crippen molar-refractivity contribution in [3.8, 4) is 22.3 Å². The zero-order valence-corrected chi connectivity index (χ0v) is 19.5. The summed E-state index contributed by atoms with van der Waals surface area (Å²) < 4.78 is 0. The van der Waals surface area contributed by atoms with Crippen LogP contribution < -0.4 is 0 Å². The molecular weight excluding hydrogens is 500 g/mol. The summed E-state index contributed by atoms with van der Waals surface area (Å²) in [5.74, 6) is 0.0368. The minimum Gasteiger partial charge on any atom is -0.289 e. The molecule has 0 aliphatic carbocycles. The van der Waals surface area contributed by atoms with Gasteiger partial charge in [-0.1, -0.05) is 129 Å². The number of hydrogen-bond acceptors (Lipinski definition) is 1. The largest absolute Gasteiger partial charge is 0.289 e. The van der Waals surface area contributed by atoms with E-state index in [0.717, 1.165) is 32.9 Å². The van der Waals surface area contributed by atoms with Gasteiger partial charge in [0.15, 0.2) is 5.78 Å². The van der Waals surface area contributed by atoms with Crippen LogP contribution in [0.25, 0.3) is 22.3 Å². The van der Waals surface area contributed by atoms with Crippen molar-refractivity contribution >= 4 is 37.6 Å². The summed E-state index contributed by atoms with van der Waals surface area (Å²) in [5.41, 5.74) is 7.80. The summed E-state index contributed by atoms with van der Waals surface area (Å²) in [6.07, 6.45) is 0. The third kappa shape index (κ3) is 4.33. The van der Waals surface area contributed by atoms with E-state index in [9.17, 15) is 4.79 Å². The van der Waals surface area contributed by atoms with Crippen LogP contribution in [0.15, 0.2) is 97.1 Å². The number of ketones is 1. The van der Waals surface area contributed by atoms with Crippen LogP contribution in [0.3, 0.4) is 0 Å². The fourth-order valence-corrected chi connectivity index (χ4v) is 4.35. The van der Waals surface area contributed by atoms with Crippen molar-refractivity contribution < 1.29 is 4.79 Å². The van der Waals surface area contributed by atoms with E-state index in [1.54, 1.807) is 0 Å². The molecule has 1 nitrogen and oxygen atoms in total. The first kappa shape index (κ1) is 20.8. The molecule has 0 aliphatic heterocycles. The number of halogens is 2. The summed E-state index contributed by atoms with van der Waals surface area (Å²) in [5, 5.41) is 1.56. The average Bonchev–Trinajstić information content (AvgIpc) is 2.83. The minimum absolute atomic E-state index is 0.0368. The van der Waals surface area contributed by atoms with Crippen molar-refractivity contribution in [1.82, 2.24) is 0 Å². The van der Waals surface area contributed by atoms with Gasteiger partial charge in [0.05, 0.1) is 0 Å². The van der Waals surface area contributed by atoms with Gasteiger partial charge in [-0.05, 0) is 33.4 Å². The van der Waals surface area contributed by atoms with Gasteiger partial charge in [-0.25, -0.2) is 0 Å². The maximum absolute atomic E-state index is 13.7. The summed E-state index contributed by atoms with van der Waals surface area (Å²) in [4.78, 5) is 13.7. The maximum Gasteiger partial charge on any atom is 0.194 e. The van der Waals surface area contributed by atoms with Gasteiger partial charge in [0, 0.05) is 21.8 Å². The van der Waals surface area contributed by atoms with Gasteiger partial charge >= 0.3 is 0 Å². The molecule has 0 amide bonds. The molecule has 30 heavy (non-hydrogen) atoms. The lowest BCUT2D eigenvalue weighted by Crippen LogP contribution is -2.05. The molecule has 0 aromatic heterocycles. The Morgan fingerprint density at radius 1 is 0.567 bits per heavy atom. The van der Waals surface area contributed by atoms with E-state index in [-0.39, 0.29) is 5.78 Å². The van der Waals surface area contributed by atoms with Crippen molar-refractivity contribution in [2.75, 3.05) is 0 Å². The van der Waals surface area contributed by atoms with E-state index in [2.05, 4.69) is 68.3 Å². The molecule has 148 valence electrons. The molecule has 0 fully saturated rings. The Labute approximate surface area is 194 Å². The smallest absolute Gasteiger partial charge is 0.194 e. The van der Waals surface area contributed by atoms with Crippen LogP contribution in [-0.4, -0.2) is 5.78 Å². The number of carbonyl (C=O) groups is 1. The number of hydrogen-bond donors (Lipinski definition) is 0. The Hall–Kier alpha value is -2.49. The van der Waals surface area contributed by atoms with Gasteiger partial charge in [-0.3, -0.25) is 4.79 Å². The van der Waals surface area contributed by atoms with Gasteiger partial charge in [-0.2, -0.15) is 0 Å². The predicted octanol–water partition coefficient (Wildman–Crippen LogP) is 8.04. The van der Waals surface area contributed by atoms with E-state index < -0.39 is 0 Å². The average molecular weight is 520 g/mol. The summed E-state index contributed by atoms with van der Waals surface area (Å²) in [6.45, 7) is 0. The van der Waals surface area contributed by atoms with Crippen molar-refractivity contribution in [2.45, 2.75) is 10.7 Å².